The van der Waals surface area contributed by atoms with Gasteiger partial charge in [-0.2, -0.15) is 0 Å². The molecule has 0 bridgehead atoms. The standard InChI is InChI=1S/C14H16N2O3/c1-15-5-2-3-12(15)13-10-19-8-6-16(13)14(17)11-4-7-18-9-11/h2-5,7,9,13H,6,8,10H2,1H3/t13-/m0/s1. The molecule has 3 heterocycles. The lowest BCUT2D eigenvalue weighted by atomic mass is 10.1. The first kappa shape index (κ1) is 12.0. The molecule has 1 saturated heterocycles. The van der Waals surface area contributed by atoms with Gasteiger partial charge in [-0.05, 0) is 18.2 Å². The molecule has 2 aromatic rings. The minimum absolute atomic E-state index is 0.0109. The number of amides is 1. The van der Waals surface area contributed by atoms with Crippen LogP contribution in [0.2, 0.25) is 0 Å². The van der Waals surface area contributed by atoms with E-state index in [0.29, 0.717) is 25.3 Å². The Labute approximate surface area is 111 Å². The van der Waals surface area contributed by atoms with Gasteiger partial charge in [0.1, 0.15) is 6.26 Å². The quantitative estimate of drug-likeness (QED) is 0.827. The minimum atomic E-state index is -0.0452. The number of carbonyl (C=O) groups is 1. The molecule has 0 spiro atoms. The number of aryl methyl sites for hydroxylation is 1. The van der Waals surface area contributed by atoms with Crippen LogP contribution < -0.4 is 0 Å². The molecule has 2 aromatic heterocycles. The number of nitrogens with zero attached hydrogens (tertiary/aromatic N) is 2. The summed E-state index contributed by atoms with van der Waals surface area (Å²) in [6.45, 7) is 1.70. The monoisotopic (exact) mass is 260 g/mol. The van der Waals surface area contributed by atoms with Gasteiger partial charge in [0.15, 0.2) is 0 Å². The molecule has 1 aliphatic rings. The summed E-state index contributed by atoms with van der Waals surface area (Å²) >= 11 is 0. The van der Waals surface area contributed by atoms with Gasteiger partial charge in [0.05, 0.1) is 31.1 Å². The topological polar surface area (TPSA) is 47.6 Å². The van der Waals surface area contributed by atoms with Gasteiger partial charge < -0.3 is 18.6 Å². The van der Waals surface area contributed by atoms with Crippen molar-refractivity contribution in [1.29, 1.82) is 0 Å². The fourth-order valence-corrected chi connectivity index (χ4v) is 2.46. The van der Waals surface area contributed by atoms with Crippen LogP contribution in [0.25, 0.3) is 0 Å². The second-order valence-electron chi connectivity index (χ2n) is 4.65. The van der Waals surface area contributed by atoms with Crippen molar-refractivity contribution in [3.63, 3.8) is 0 Å². The first-order valence-corrected chi connectivity index (χ1v) is 6.29. The summed E-state index contributed by atoms with van der Waals surface area (Å²) in [7, 11) is 1.98. The Balaban J connectivity index is 1.90. The van der Waals surface area contributed by atoms with Crippen LogP contribution >= 0.6 is 0 Å². The van der Waals surface area contributed by atoms with E-state index in [0.717, 1.165) is 5.69 Å². The zero-order chi connectivity index (χ0) is 13.2. The van der Waals surface area contributed by atoms with Crippen LogP contribution in [-0.2, 0) is 11.8 Å². The van der Waals surface area contributed by atoms with Crippen molar-refractivity contribution in [2.45, 2.75) is 6.04 Å². The van der Waals surface area contributed by atoms with Gasteiger partial charge in [0, 0.05) is 25.5 Å². The second-order valence-corrected chi connectivity index (χ2v) is 4.65. The summed E-state index contributed by atoms with van der Waals surface area (Å²) in [5.41, 5.74) is 1.66. The van der Waals surface area contributed by atoms with Gasteiger partial charge in [0.25, 0.3) is 5.91 Å². The van der Waals surface area contributed by atoms with Crippen LogP contribution in [0.5, 0.6) is 0 Å². The molecule has 0 aromatic carbocycles. The molecule has 1 fully saturated rings. The van der Waals surface area contributed by atoms with E-state index in [9.17, 15) is 4.79 Å². The van der Waals surface area contributed by atoms with Gasteiger partial charge in [0.2, 0.25) is 0 Å². The minimum Gasteiger partial charge on any atom is -0.472 e. The molecule has 19 heavy (non-hydrogen) atoms. The number of hydrogen-bond donors (Lipinski definition) is 0. The molecule has 0 radical (unpaired) electrons. The van der Waals surface area contributed by atoms with Crippen LogP contribution in [0.3, 0.4) is 0 Å². The van der Waals surface area contributed by atoms with Crippen molar-refractivity contribution in [1.82, 2.24) is 9.47 Å². The molecular weight excluding hydrogens is 244 g/mol. The third kappa shape index (κ3) is 2.17. The predicted octanol–water partition coefficient (Wildman–Crippen LogP) is 1.83. The SMILES string of the molecule is Cn1cccc1[C@@H]1COCCN1C(=O)c1ccoc1. The molecule has 3 rings (SSSR count). The Morgan fingerprint density at radius 3 is 3.00 bits per heavy atom. The van der Waals surface area contributed by atoms with Crippen LogP contribution in [0.4, 0.5) is 0 Å². The largest absolute Gasteiger partial charge is 0.472 e. The van der Waals surface area contributed by atoms with Gasteiger partial charge in [-0.1, -0.05) is 0 Å². The zero-order valence-corrected chi connectivity index (χ0v) is 10.8. The molecule has 1 aliphatic heterocycles. The van der Waals surface area contributed by atoms with Crippen molar-refractivity contribution in [2.24, 2.45) is 7.05 Å². The Morgan fingerprint density at radius 1 is 1.42 bits per heavy atom. The van der Waals surface area contributed by atoms with Crippen LogP contribution in [0.1, 0.15) is 22.1 Å². The Hall–Kier alpha value is -2.01. The first-order chi connectivity index (χ1) is 9.27. The van der Waals surface area contributed by atoms with E-state index < -0.39 is 0 Å². The number of aromatic nitrogens is 1. The maximum Gasteiger partial charge on any atom is 0.257 e. The highest BCUT2D eigenvalue weighted by Gasteiger charge is 2.30. The summed E-state index contributed by atoms with van der Waals surface area (Å²) in [4.78, 5) is 14.3. The van der Waals surface area contributed by atoms with E-state index in [1.165, 1.54) is 12.5 Å². The van der Waals surface area contributed by atoms with Crippen molar-refractivity contribution < 1.29 is 13.9 Å². The summed E-state index contributed by atoms with van der Waals surface area (Å²) in [5.74, 6) is -0.0109. The molecular formula is C14H16N2O3. The lowest BCUT2D eigenvalue weighted by Crippen LogP contribution is -2.43. The molecule has 0 unspecified atom stereocenters. The molecule has 100 valence electrons. The number of furan rings is 1. The first-order valence-electron chi connectivity index (χ1n) is 6.29. The molecule has 0 saturated carbocycles. The van der Waals surface area contributed by atoms with Crippen LogP contribution in [0, 0.1) is 0 Å². The molecule has 0 aliphatic carbocycles. The average Bonchev–Trinajstić information content (AvgIpc) is 3.09. The lowest BCUT2D eigenvalue weighted by molar-refractivity contribution is -0.00466. The van der Waals surface area contributed by atoms with Crippen molar-refractivity contribution in [2.75, 3.05) is 19.8 Å². The van der Waals surface area contributed by atoms with Crippen molar-refractivity contribution in [3.05, 3.63) is 48.2 Å². The van der Waals surface area contributed by atoms with Crippen LogP contribution in [-0.4, -0.2) is 35.1 Å². The number of ether oxygens (including phenoxy) is 1. The van der Waals surface area contributed by atoms with Gasteiger partial charge >= 0.3 is 0 Å². The fourth-order valence-electron chi connectivity index (χ4n) is 2.46. The third-order valence-electron chi connectivity index (χ3n) is 3.48. The number of carbonyl (C=O) groups excluding carboxylic acids is 1. The molecule has 1 atom stereocenters. The molecule has 5 heteroatoms. The Kier molecular flexibility index (Phi) is 3.13. The van der Waals surface area contributed by atoms with Crippen LogP contribution in [0.15, 0.2) is 41.3 Å². The van der Waals surface area contributed by atoms with E-state index in [1.807, 2.05) is 34.8 Å². The van der Waals surface area contributed by atoms with E-state index in [1.54, 1.807) is 6.07 Å². The highest BCUT2D eigenvalue weighted by atomic mass is 16.5. The molecule has 0 N–H and O–H groups in total. The predicted molar refractivity (Wildman–Crippen MR) is 68.7 cm³/mol. The lowest BCUT2D eigenvalue weighted by Gasteiger charge is -2.35. The number of hydrogen-bond acceptors (Lipinski definition) is 3. The van der Waals surface area contributed by atoms with Crippen molar-refractivity contribution >= 4 is 5.91 Å². The smallest absolute Gasteiger partial charge is 0.257 e. The van der Waals surface area contributed by atoms with E-state index in [2.05, 4.69) is 0 Å². The summed E-state index contributed by atoms with van der Waals surface area (Å²) in [6, 6.07) is 5.65. The van der Waals surface area contributed by atoms with Gasteiger partial charge in [-0.25, -0.2) is 0 Å². The fraction of sp³-hybridized carbons (Fsp3) is 0.357. The number of rotatable bonds is 2. The highest BCUT2D eigenvalue weighted by molar-refractivity contribution is 5.94. The Morgan fingerprint density at radius 2 is 2.32 bits per heavy atom. The van der Waals surface area contributed by atoms with E-state index in [-0.39, 0.29) is 11.9 Å². The highest BCUT2D eigenvalue weighted by Crippen LogP contribution is 2.26. The van der Waals surface area contributed by atoms with Crippen molar-refractivity contribution in [3.8, 4) is 0 Å². The van der Waals surface area contributed by atoms with E-state index >= 15 is 0 Å². The molecule has 5 nitrogen and oxygen atoms in total. The van der Waals surface area contributed by atoms with E-state index in [4.69, 9.17) is 9.15 Å². The normalized spacial score (nSPS) is 19.6. The summed E-state index contributed by atoms with van der Waals surface area (Å²) < 4.78 is 12.5. The third-order valence-corrected chi connectivity index (χ3v) is 3.48. The number of morpholine rings is 1. The molecule has 1 amide bonds. The summed E-state index contributed by atoms with van der Waals surface area (Å²) in [5, 5.41) is 0. The van der Waals surface area contributed by atoms with Gasteiger partial charge in [-0.3, -0.25) is 4.79 Å². The maximum absolute atomic E-state index is 12.5. The second kappa shape index (κ2) is 4.93. The van der Waals surface area contributed by atoms with Gasteiger partial charge in [-0.15, -0.1) is 0 Å². The maximum atomic E-state index is 12.5. The summed E-state index contributed by atoms with van der Waals surface area (Å²) in [6.07, 6.45) is 4.98. The Bertz CT molecular complexity index is 559. The average molecular weight is 260 g/mol. The zero-order valence-electron chi connectivity index (χ0n) is 10.8.